The first-order valence-electron chi connectivity index (χ1n) is 6.51. The predicted molar refractivity (Wildman–Crippen MR) is 65.2 cm³/mol. The average molecular weight is 224 g/mol. The largest absolute Gasteiger partial charge is 0.338 e. The number of hydrogen-bond acceptors (Lipinski definition) is 2. The van der Waals surface area contributed by atoms with E-state index in [1.807, 2.05) is 7.05 Å². The fraction of sp³-hybridized carbons (Fsp3) is 0.923. The van der Waals surface area contributed by atoms with Gasteiger partial charge in [0.2, 0.25) is 5.91 Å². The van der Waals surface area contributed by atoms with E-state index in [1.165, 1.54) is 19.3 Å². The molecule has 2 rings (SSSR count). The van der Waals surface area contributed by atoms with Crippen LogP contribution in [0.2, 0.25) is 0 Å². The lowest BCUT2D eigenvalue weighted by atomic mass is 10.00. The van der Waals surface area contributed by atoms with Gasteiger partial charge in [-0.25, -0.2) is 0 Å². The maximum Gasteiger partial charge on any atom is 0.226 e. The summed E-state index contributed by atoms with van der Waals surface area (Å²) in [4.78, 5) is 14.5. The summed E-state index contributed by atoms with van der Waals surface area (Å²) in [5, 5.41) is 3.21. The van der Waals surface area contributed by atoms with Crippen molar-refractivity contribution in [2.75, 3.05) is 20.1 Å². The van der Waals surface area contributed by atoms with E-state index in [0.29, 0.717) is 17.9 Å². The molecule has 92 valence electrons. The second kappa shape index (κ2) is 4.36. The topological polar surface area (TPSA) is 32.3 Å². The van der Waals surface area contributed by atoms with Gasteiger partial charge in [0.15, 0.2) is 0 Å². The summed E-state index contributed by atoms with van der Waals surface area (Å²) in [7, 11) is 1.97. The van der Waals surface area contributed by atoms with E-state index in [4.69, 9.17) is 0 Å². The maximum atomic E-state index is 12.4. The molecule has 3 heteroatoms. The number of hydrogen-bond donors (Lipinski definition) is 1. The monoisotopic (exact) mass is 224 g/mol. The van der Waals surface area contributed by atoms with Gasteiger partial charge in [-0.3, -0.25) is 4.79 Å². The molecule has 2 aliphatic rings. The first-order chi connectivity index (χ1) is 7.56. The molecule has 0 spiro atoms. The normalized spacial score (nSPS) is 32.6. The zero-order chi connectivity index (χ0) is 11.8. The zero-order valence-corrected chi connectivity index (χ0v) is 10.8. The lowest BCUT2D eigenvalue weighted by molar-refractivity contribution is -0.136. The van der Waals surface area contributed by atoms with Crippen molar-refractivity contribution in [3.8, 4) is 0 Å². The van der Waals surface area contributed by atoms with E-state index in [1.54, 1.807) is 0 Å². The zero-order valence-electron chi connectivity index (χ0n) is 10.8. The Labute approximate surface area is 98.6 Å². The van der Waals surface area contributed by atoms with Crippen molar-refractivity contribution >= 4 is 5.91 Å². The van der Waals surface area contributed by atoms with Gasteiger partial charge in [-0.2, -0.15) is 0 Å². The Hall–Kier alpha value is -0.570. The molecule has 1 heterocycles. The minimum Gasteiger partial charge on any atom is -0.338 e. The number of nitrogens with one attached hydrogen (secondary N) is 1. The van der Waals surface area contributed by atoms with Crippen LogP contribution in [0.15, 0.2) is 0 Å². The Balaban J connectivity index is 1.97. The standard InChI is InChI=1S/C13H24N2O/c1-13(2)8-11(13)12(16)15-7-5-4-6-10(15)9-14-3/h10-11,14H,4-9H2,1-3H3. The van der Waals surface area contributed by atoms with Gasteiger partial charge in [0.1, 0.15) is 0 Å². The number of nitrogens with zero attached hydrogens (tertiary/aromatic N) is 1. The second-order valence-electron chi connectivity index (χ2n) is 5.98. The number of rotatable bonds is 3. The average Bonchev–Trinajstić information content (AvgIpc) is 2.88. The molecule has 0 aromatic carbocycles. The van der Waals surface area contributed by atoms with Crippen LogP contribution in [0.25, 0.3) is 0 Å². The van der Waals surface area contributed by atoms with Gasteiger partial charge in [0.05, 0.1) is 0 Å². The number of carbonyl (C=O) groups is 1. The molecule has 1 aliphatic heterocycles. The first kappa shape index (κ1) is 11.9. The summed E-state index contributed by atoms with van der Waals surface area (Å²) in [6.45, 7) is 6.32. The predicted octanol–water partition coefficient (Wildman–Crippen LogP) is 1.63. The van der Waals surface area contributed by atoms with Gasteiger partial charge in [0.25, 0.3) is 0 Å². The van der Waals surface area contributed by atoms with E-state index < -0.39 is 0 Å². The molecule has 1 N–H and O–H groups in total. The molecule has 0 aromatic rings. The third-order valence-electron chi connectivity index (χ3n) is 4.16. The van der Waals surface area contributed by atoms with E-state index in [0.717, 1.165) is 19.5 Å². The first-order valence-corrected chi connectivity index (χ1v) is 6.51. The van der Waals surface area contributed by atoms with Crippen molar-refractivity contribution in [3.63, 3.8) is 0 Å². The van der Waals surface area contributed by atoms with E-state index in [9.17, 15) is 4.79 Å². The molecule has 0 radical (unpaired) electrons. The number of amides is 1. The Bertz CT molecular complexity index is 273. The molecule has 2 atom stereocenters. The van der Waals surface area contributed by atoms with Gasteiger partial charge >= 0.3 is 0 Å². The fourth-order valence-corrected chi connectivity index (χ4v) is 2.83. The lowest BCUT2D eigenvalue weighted by Gasteiger charge is -2.36. The molecule has 1 amide bonds. The molecular formula is C13H24N2O. The number of likely N-dealkylation sites (N-methyl/N-ethyl adjacent to an activating group) is 1. The van der Waals surface area contributed by atoms with Gasteiger partial charge in [-0.1, -0.05) is 13.8 Å². The summed E-state index contributed by atoms with van der Waals surface area (Å²) in [5.41, 5.74) is 0.263. The van der Waals surface area contributed by atoms with Gasteiger partial charge in [-0.05, 0) is 38.1 Å². The molecule has 3 nitrogen and oxygen atoms in total. The van der Waals surface area contributed by atoms with Gasteiger partial charge in [0, 0.05) is 25.0 Å². The van der Waals surface area contributed by atoms with Crippen molar-refractivity contribution in [1.29, 1.82) is 0 Å². The smallest absolute Gasteiger partial charge is 0.226 e. The summed E-state index contributed by atoms with van der Waals surface area (Å²) >= 11 is 0. The summed E-state index contributed by atoms with van der Waals surface area (Å²) in [5.74, 6) is 0.704. The fourth-order valence-electron chi connectivity index (χ4n) is 2.83. The number of likely N-dealkylation sites (tertiary alicyclic amines) is 1. The molecule has 0 aromatic heterocycles. The van der Waals surface area contributed by atoms with Crippen molar-refractivity contribution in [2.45, 2.75) is 45.6 Å². The highest BCUT2D eigenvalue weighted by molar-refractivity contribution is 5.82. The van der Waals surface area contributed by atoms with Crippen LogP contribution in [0, 0.1) is 11.3 Å². The van der Waals surface area contributed by atoms with Crippen molar-refractivity contribution < 1.29 is 4.79 Å². The molecule has 2 unspecified atom stereocenters. The lowest BCUT2D eigenvalue weighted by Crippen LogP contribution is -2.49. The third-order valence-corrected chi connectivity index (χ3v) is 4.16. The molecule has 1 saturated heterocycles. The summed E-state index contributed by atoms with van der Waals surface area (Å²) in [6, 6.07) is 0.433. The molecule has 1 saturated carbocycles. The third kappa shape index (κ3) is 2.24. The minimum absolute atomic E-state index is 0.263. The van der Waals surface area contributed by atoms with E-state index in [2.05, 4.69) is 24.1 Å². The number of piperidine rings is 1. The van der Waals surface area contributed by atoms with Crippen LogP contribution in [0.5, 0.6) is 0 Å². The van der Waals surface area contributed by atoms with Crippen LogP contribution in [0.4, 0.5) is 0 Å². The molecule has 16 heavy (non-hydrogen) atoms. The Morgan fingerprint density at radius 3 is 2.69 bits per heavy atom. The molecule has 2 fully saturated rings. The Morgan fingerprint density at radius 2 is 2.12 bits per heavy atom. The minimum atomic E-state index is 0.263. The molecular weight excluding hydrogens is 200 g/mol. The van der Waals surface area contributed by atoms with Crippen LogP contribution >= 0.6 is 0 Å². The number of carbonyl (C=O) groups excluding carboxylic acids is 1. The Morgan fingerprint density at radius 1 is 1.44 bits per heavy atom. The van der Waals surface area contributed by atoms with Crippen LogP contribution in [0.3, 0.4) is 0 Å². The van der Waals surface area contributed by atoms with Crippen molar-refractivity contribution in [3.05, 3.63) is 0 Å². The molecule has 0 bridgehead atoms. The van der Waals surface area contributed by atoms with Crippen molar-refractivity contribution in [2.24, 2.45) is 11.3 Å². The van der Waals surface area contributed by atoms with E-state index >= 15 is 0 Å². The Kier molecular flexibility index (Phi) is 3.24. The van der Waals surface area contributed by atoms with Gasteiger partial charge in [-0.15, -0.1) is 0 Å². The quantitative estimate of drug-likeness (QED) is 0.790. The summed E-state index contributed by atoms with van der Waals surface area (Å²) < 4.78 is 0. The van der Waals surface area contributed by atoms with Crippen LogP contribution in [-0.4, -0.2) is 37.0 Å². The van der Waals surface area contributed by atoms with Crippen LogP contribution < -0.4 is 5.32 Å². The van der Waals surface area contributed by atoms with Crippen LogP contribution in [0.1, 0.15) is 39.5 Å². The highest BCUT2D eigenvalue weighted by atomic mass is 16.2. The maximum absolute atomic E-state index is 12.4. The van der Waals surface area contributed by atoms with Crippen LogP contribution in [-0.2, 0) is 4.79 Å². The van der Waals surface area contributed by atoms with Gasteiger partial charge < -0.3 is 10.2 Å². The summed E-state index contributed by atoms with van der Waals surface area (Å²) in [6.07, 6.45) is 4.69. The highest BCUT2D eigenvalue weighted by Gasteiger charge is 2.52. The van der Waals surface area contributed by atoms with E-state index in [-0.39, 0.29) is 5.41 Å². The molecule has 1 aliphatic carbocycles. The highest BCUT2D eigenvalue weighted by Crippen LogP contribution is 2.52. The SMILES string of the molecule is CNCC1CCCCN1C(=O)C1CC1(C)C. The van der Waals surface area contributed by atoms with Crippen molar-refractivity contribution in [1.82, 2.24) is 10.2 Å². The second-order valence-corrected chi connectivity index (χ2v) is 5.98.